The van der Waals surface area contributed by atoms with Gasteiger partial charge in [0, 0.05) is 24.0 Å². The molecular weight excluding hydrogens is 318 g/mol. The fraction of sp³-hybridized carbons (Fsp3) is 0.375. The Morgan fingerprint density at radius 3 is 2.82 bits per heavy atom. The number of hydrogen-bond acceptors (Lipinski definition) is 5. The average Bonchev–Trinajstić information content (AvgIpc) is 2.96. The molecular formula is C16H19NO3S2. The first-order chi connectivity index (χ1) is 10.6. The Bertz CT molecular complexity index is 725. The van der Waals surface area contributed by atoms with Gasteiger partial charge in [-0.05, 0) is 42.5 Å². The van der Waals surface area contributed by atoms with Gasteiger partial charge in [-0.3, -0.25) is 4.90 Å². The number of fused-ring (bicyclic) bond motifs is 1. The van der Waals surface area contributed by atoms with Crippen LogP contribution in [0.25, 0.3) is 0 Å². The molecule has 6 heteroatoms. The molecule has 1 aromatic carbocycles. The van der Waals surface area contributed by atoms with Gasteiger partial charge in [0.05, 0.1) is 5.75 Å². The van der Waals surface area contributed by atoms with E-state index in [9.17, 15) is 8.42 Å². The van der Waals surface area contributed by atoms with Crippen LogP contribution in [0.4, 0.5) is 0 Å². The molecule has 0 amide bonds. The average molecular weight is 337 g/mol. The van der Waals surface area contributed by atoms with E-state index >= 15 is 0 Å². The van der Waals surface area contributed by atoms with Crippen LogP contribution in [0.15, 0.2) is 41.8 Å². The summed E-state index contributed by atoms with van der Waals surface area (Å²) in [5.74, 6) is 0.375. The highest BCUT2D eigenvalue weighted by molar-refractivity contribution is 7.87. The number of benzene rings is 1. The predicted molar refractivity (Wildman–Crippen MR) is 88.9 cm³/mol. The fourth-order valence-corrected chi connectivity index (χ4v) is 4.67. The van der Waals surface area contributed by atoms with Crippen molar-refractivity contribution in [2.45, 2.75) is 19.4 Å². The normalized spacial score (nSPS) is 18.9. The van der Waals surface area contributed by atoms with Gasteiger partial charge < -0.3 is 4.18 Å². The van der Waals surface area contributed by atoms with Crippen molar-refractivity contribution in [1.29, 1.82) is 0 Å². The molecule has 0 saturated carbocycles. The van der Waals surface area contributed by atoms with Crippen LogP contribution in [0.5, 0.6) is 5.75 Å². The van der Waals surface area contributed by atoms with Crippen molar-refractivity contribution in [3.05, 3.63) is 52.2 Å². The first kappa shape index (κ1) is 15.5. The standard InChI is InChI=1S/C16H19NO3S2/c1-13-15-8-11-21-16(15)7-9-17(13)10-12-22(18,19)20-14-5-3-2-4-6-14/h2-6,8,11,13H,7,9-10,12H2,1H3. The Balaban J connectivity index is 1.61. The van der Waals surface area contributed by atoms with Gasteiger partial charge in [0.15, 0.2) is 0 Å². The zero-order chi connectivity index (χ0) is 15.6. The summed E-state index contributed by atoms with van der Waals surface area (Å²) in [6.45, 7) is 3.52. The highest BCUT2D eigenvalue weighted by atomic mass is 32.2. The van der Waals surface area contributed by atoms with Gasteiger partial charge in [-0.1, -0.05) is 18.2 Å². The Hall–Kier alpha value is -1.37. The lowest BCUT2D eigenvalue weighted by molar-refractivity contribution is 0.211. The number of thiophene rings is 1. The van der Waals surface area contributed by atoms with Gasteiger partial charge >= 0.3 is 10.1 Å². The van der Waals surface area contributed by atoms with Crippen LogP contribution in [-0.2, 0) is 16.5 Å². The van der Waals surface area contributed by atoms with Gasteiger partial charge in [-0.2, -0.15) is 8.42 Å². The number of hydrogen-bond donors (Lipinski definition) is 0. The summed E-state index contributed by atoms with van der Waals surface area (Å²) in [5.41, 5.74) is 1.33. The van der Waals surface area contributed by atoms with Crippen LogP contribution in [0.2, 0.25) is 0 Å². The minimum absolute atomic E-state index is 0.00566. The largest absolute Gasteiger partial charge is 0.382 e. The van der Waals surface area contributed by atoms with Gasteiger partial charge in [0.2, 0.25) is 0 Å². The molecule has 1 aliphatic rings. The Kier molecular flexibility index (Phi) is 4.52. The van der Waals surface area contributed by atoms with E-state index < -0.39 is 10.1 Å². The Morgan fingerprint density at radius 1 is 1.27 bits per heavy atom. The molecule has 1 aliphatic heterocycles. The van der Waals surface area contributed by atoms with E-state index in [1.54, 1.807) is 35.6 Å². The van der Waals surface area contributed by atoms with Crippen molar-refractivity contribution < 1.29 is 12.6 Å². The van der Waals surface area contributed by atoms with Crippen LogP contribution in [0.3, 0.4) is 0 Å². The number of nitrogens with zero attached hydrogens (tertiary/aromatic N) is 1. The third-order valence-electron chi connectivity index (χ3n) is 4.00. The third-order valence-corrected chi connectivity index (χ3v) is 6.12. The lowest BCUT2D eigenvalue weighted by atomic mass is 10.0. The van der Waals surface area contributed by atoms with Crippen molar-refractivity contribution >= 4 is 21.5 Å². The van der Waals surface area contributed by atoms with Crippen molar-refractivity contribution in [2.24, 2.45) is 0 Å². The second-order valence-corrected chi connectivity index (χ2v) is 8.11. The van der Waals surface area contributed by atoms with Crippen molar-refractivity contribution in [3.8, 4) is 5.75 Å². The van der Waals surface area contributed by atoms with Crippen LogP contribution >= 0.6 is 11.3 Å². The molecule has 118 valence electrons. The smallest absolute Gasteiger partial charge is 0.310 e. The van der Waals surface area contributed by atoms with E-state index in [0.29, 0.717) is 12.3 Å². The molecule has 0 N–H and O–H groups in total. The molecule has 1 aromatic heterocycles. The molecule has 3 rings (SSSR count). The van der Waals surface area contributed by atoms with E-state index in [1.807, 2.05) is 6.07 Å². The maximum atomic E-state index is 12.1. The van der Waals surface area contributed by atoms with E-state index in [1.165, 1.54) is 10.4 Å². The van der Waals surface area contributed by atoms with Crippen LogP contribution in [0, 0.1) is 0 Å². The van der Waals surface area contributed by atoms with Crippen molar-refractivity contribution in [1.82, 2.24) is 4.90 Å². The minimum Gasteiger partial charge on any atom is -0.382 e. The third kappa shape index (κ3) is 3.51. The van der Waals surface area contributed by atoms with Crippen LogP contribution in [0.1, 0.15) is 23.4 Å². The zero-order valence-electron chi connectivity index (χ0n) is 12.4. The molecule has 0 aliphatic carbocycles. The Morgan fingerprint density at radius 2 is 2.05 bits per heavy atom. The lowest BCUT2D eigenvalue weighted by Crippen LogP contribution is -2.37. The lowest BCUT2D eigenvalue weighted by Gasteiger charge is -2.33. The number of para-hydroxylation sites is 1. The molecule has 2 heterocycles. The van der Waals surface area contributed by atoms with E-state index in [-0.39, 0.29) is 11.8 Å². The molecule has 1 atom stereocenters. The molecule has 0 spiro atoms. The monoisotopic (exact) mass is 337 g/mol. The predicted octanol–water partition coefficient (Wildman–Crippen LogP) is 3.08. The van der Waals surface area contributed by atoms with Gasteiger partial charge in [-0.25, -0.2) is 0 Å². The fourth-order valence-electron chi connectivity index (χ4n) is 2.76. The molecule has 0 fully saturated rings. The highest BCUT2D eigenvalue weighted by Crippen LogP contribution is 2.32. The second kappa shape index (κ2) is 6.40. The molecule has 2 aromatic rings. The summed E-state index contributed by atoms with van der Waals surface area (Å²) < 4.78 is 29.3. The minimum atomic E-state index is -3.56. The molecule has 22 heavy (non-hydrogen) atoms. The summed E-state index contributed by atoms with van der Waals surface area (Å²) in [4.78, 5) is 3.63. The first-order valence-electron chi connectivity index (χ1n) is 7.33. The molecule has 1 unspecified atom stereocenters. The molecule has 4 nitrogen and oxygen atoms in total. The maximum Gasteiger partial charge on any atom is 0.310 e. The maximum absolute atomic E-state index is 12.1. The second-order valence-electron chi connectivity index (χ2n) is 5.42. The summed E-state index contributed by atoms with van der Waals surface area (Å²) >= 11 is 1.79. The SMILES string of the molecule is CC1c2ccsc2CCN1CCS(=O)(=O)Oc1ccccc1. The highest BCUT2D eigenvalue weighted by Gasteiger charge is 2.26. The van der Waals surface area contributed by atoms with Crippen molar-refractivity contribution in [3.63, 3.8) is 0 Å². The number of rotatable bonds is 5. The van der Waals surface area contributed by atoms with Gasteiger partial charge in [0.1, 0.15) is 5.75 Å². The molecule has 0 radical (unpaired) electrons. The van der Waals surface area contributed by atoms with Gasteiger partial charge in [0.25, 0.3) is 0 Å². The summed E-state index contributed by atoms with van der Waals surface area (Å²) in [6.07, 6.45) is 0.997. The topological polar surface area (TPSA) is 46.6 Å². The van der Waals surface area contributed by atoms with Crippen LogP contribution in [-0.4, -0.2) is 32.2 Å². The summed E-state index contributed by atoms with van der Waals surface area (Å²) in [6, 6.07) is 11.1. The van der Waals surface area contributed by atoms with E-state index in [4.69, 9.17) is 4.18 Å². The van der Waals surface area contributed by atoms with Gasteiger partial charge in [-0.15, -0.1) is 11.3 Å². The molecule has 0 bridgehead atoms. The first-order valence-corrected chi connectivity index (χ1v) is 9.78. The van der Waals surface area contributed by atoms with Crippen LogP contribution < -0.4 is 4.18 Å². The quantitative estimate of drug-likeness (QED) is 0.787. The summed E-state index contributed by atoms with van der Waals surface area (Å²) in [7, 11) is -3.56. The van der Waals surface area contributed by atoms with Crippen molar-refractivity contribution in [2.75, 3.05) is 18.8 Å². The Labute approximate surface area is 135 Å². The van der Waals surface area contributed by atoms with E-state index in [0.717, 1.165) is 13.0 Å². The summed E-state index contributed by atoms with van der Waals surface area (Å²) in [5, 5.41) is 2.11. The molecule has 0 saturated heterocycles. The van der Waals surface area contributed by atoms with E-state index in [2.05, 4.69) is 23.3 Å². The zero-order valence-corrected chi connectivity index (χ0v) is 14.1.